The minimum absolute atomic E-state index is 0.00488. The van der Waals surface area contributed by atoms with Crippen molar-refractivity contribution in [1.82, 2.24) is 4.90 Å². The highest BCUT2D eigenvalue weighted by molar-refractivity contribution is 5.89. The summed E-state index contributed by atoms with van der Waals surface area (Å²) in [6.45, 7) is 2.03. The summed E-state index contributed by atoms with van der Waals surface area (Å²) in [5.41, 5.74) is 1.36. The summed E-state index contributed by atoms with van der Waals surface area (Å²) in [6.07, 6.45) is 2.60. The summed E-state index contributed by atoms with van der Waals surface area (Å²) in [5.74, 6) is -0.189. The van der Waals surface area contributed by atoms with Crippen molar-refractivity contribution in [3.63, 3.8) is 0 Å². The Bertz CT molecular complexity index is 694. The molecule has 1 amide bonds. The molecule has 0 spiro atoms. The average molecular weight is 311 g/mol. The quantitative estimate of drug-likeness (QED) is 0.816. The van der Waals surface area contributed by atoms with Gasteiger partial charge in [-0.25, -0.2) is 4.39 Å². The summed E-state index contributed by atoms with van der Waals surface area (Å²) in [6, 6.07) is 16.5. The van der Waals surface area contributed by atoms with E-state index in [1.165, 1.54) is 12.1 Å². The molecule has 3 rings (SSSR count). The summed E-state index contributed by atoms with van der Waals surface area (Å²) in [4.78, 5) is 15.0. The van der Waals surface area contributed by atoms with Crippen LogP contribution < -0.4 is 0 Å². The fourth-order valence-corrected chi connectivity index (χ4v) is 3.41. The number of rotatable bonds is 4. The fourth-order valence-electron chi connectivity index (χ4n) is 3.41. The van der Waals surface area contributed by atoms with Crippen LogP contribution in [0.1, 0.15) is 43.4 Å². The van der Waals surface area contributed by atoms with Crippen LogP contribution in [0, 0.1) is 5.82 Å². The molecule has 0 aliphatic heterocycles. The van der Waals surface area contributed by atoms with Crippen molar-refractivity contribution in [2.75, 3.05) is 7.05 Å². The molecule has 0 heterocycles. The number of carbonyl (C=O) groups excluding carboxylic acids is 1. The van der Waals surface area contributed by atoms with Gasteiger partial charge in [0, 0.05) is 7.05 Å². The number of halogens is 1. The third-order valence-electron chi connectivity index (χ3n) is 5.18. The van der Waals surface area contributed by atoms with Crippen LogP contribution in [0.4, 0.5) is 4.39 Å². The second-order valence-electron chi connectivity index (χ2n) is 6.45. The maximum absolute atomic E-state index is 13.6. The zero-order chi connectivity index (χ0) is 16.4. The van der Waals surface area contributed by atoms with Crippen LogP contribution in [-0.2, 0) is 10.2 Å². The molecule has 23 heavy (non-hydrogen) atoms. The lowest BCUT2D eigenvalue weighted by Gasteiger charge is -2.44. The van der Waals surface area contributed by atoms with Crippen molar-refractivity contribution in [3.8, 4) is 0 Å². The van der Waals surface area contributed by atoms with E-state index in [0.29, 0.717) is 0 Å². The summed E-state index contributed by atoms with van der Waals surface area (Å²) in [5, 5.41) is 0. The topological polar surface area (TPSA) is 20.3 Å². The number of benzene rings is 2. The Morgan fingerprint density at radius 3 is 2.39 bits per heavy atom. The number of hydrogen-bond acceptors (Lipinski definition) is 1. The van der Waals surface area contributed by atoms with E-state index in [9.17, 15) is 9.18 Å². The first kappa shape index (κ1) is 15.7. The molecule has 2 nitrogen and oxygen atoms in total. The predicted molar refractivity (Wildman–Crippen MR) is 89.6 cm³/mol. The van der Waals surface area contributed by atoms with Crippen LogP contribution in [0.5, 0.6) is 0 Å². The highest BCUT2D eigenvalue weighted by atomic mass is 19.1. The van der Waals surface area contributed by atoms with E-state index in [4.69, 9.17) is 0 Å². The van der Waals surface area contributed by atoms with Gasteiger partial charge in [0.1, 0.15) is 5.82 Å². The van der Waals surface area contributed by atoms with Gasteiger partial charge in [-0.15, -0.1) is 0 Å². The van der Waals surface area contributed by atoms with Gasteiger partial charge in [-0.3, -0.25) is 4.79 Å². The molecule has 1 saturated carbocycles. The van der Waals surface area contributed by atoms with Gasteiger partial charge in [0.25, 0.3) is 0 Å². The first-order valence-electron chi connectivity index (χ1n) is 8.13. The maximum Gasteiger partial charge on any atom is 0.233 e. The van der Waals surface area contributed by atoms with Crippen LogP contribution in [0.3, 0.4) is 0 Å². The molecular weight excluding hydrogens is 289 g/mol. The van der Waals surface area contributed by atoms with E-state index in [-0.39, 0.29) is 17.8 Å². The van der Waals surface area contributed by atoms with Gasteiger partial charge < -0.3 is 4.90 Å². The Labute approximate surface area is 136 Å². The van der Waals surface area contributed by atoms with Gasteiger partial charge in [0.05, 0.1) is 11.5 Å². The van der Waals surface area contributed by atoms with Gasteiger partial charge in [-0.2, -0.15) is 0 Å². The van der Waals surface area contributed by atoms with Crippen molar-refractivity contribution in [3.05, 3.63) is 71.5 Å². The molecule has 3 heteroatoms. The molecule has 0 radical (unpaired) electrons. The number of carbonyl (C=O) groups is 1. The van der Waals surface area contributed by atoms with Gasteiger partial charge in [0.15, 0.2) is 0 Å². The molecule has 120 valence electrons. The lowest BCUT2D eigenvalue weighted by Crippen LogP contribution is -2.50. The van der Waals surface area contributed by atoms with Crippen LogP contribution in [0.25, 0.3) is 0 Å². The van der Waals surface area contributed by atoms with Crippen LogP contribution in [0.15, 0.2) is 54.6 Å². The Balaban J connectivity index is 1.88. The van der Waals surface area contributed by atoms with E-state index in [0.717, 1.165) is 30.4 Å². The van der Waals surface area contributed by atoms with E-state index >= 15 is 0 Å². The Kier molecular flexibility index (Phi) is 4.20. The highest BCUT2D eigenvalue weighted by Crippen LogP contribution is 2.46. The Morgan fingerprint density at radius 2 is 1.83 bits per heavy atom. The van der Waals surface area contributed by atoms with E-state index < -0.39 is 5.41 Å². The molecule has 0 aromatic heterocycles. The van der Waals surface area contributed by atoms with E-state index in [1.807, 2.05) is 50.4 Å². The third kappa shape index (κ3) is 2.76. The molecule has 2 aromatic rings. The first-order chi connectivity index (χ1) is 11.0. The van der Waals surface area contributed by atoms with Crippen molar-refractivity contribution in [1.29, 1.82) is 0 Å². The van der Waals surface area contributed by atoms with Gasteiger partial charge >= 0.3 is 0 Å². The molecule has 0 bridgehead atoms. The van der Waals surface area contributed by atoms with E-state index in [1.54, 1.807) is 11.0 Å². The summed E-state index contributed by atoms with van der Waals surface area (Å²) < 4.78 is 13.6. The molecule has 2 aromatic carbocycles. The van der Waals surface area contributed by atoms with E-state index in [2.05, 4.69) is 0 Å². The van der Waals surface area contributed by atoms with Crippen molar-refractivity contribution in [2.24, 2.45) is 0 Å². The molecule has 1 atom stereocenters. The highest BCUT2D eigenvalue weighted by Gasteiger charge is 2.47. The average Bonchev–Trinajstić information content (AvgIpc) is 2.53. The third-order valence-corrected chi connectivity index (χ3v) is 5.18. The molecule has 1 aliphatic carbocycles. The molecule has 1 unspecified atom stereocenters. The second-order valence-corrected chi connectivity index (χ2v) is 6.45. The summed E-state index contributed by atoms with van der Waals surface area (Å²) in [7, 11) is 1.85. The normalized spacial score (nSPS) is 17.2. The number of nitrogens with zero attached hydrogens (tertiary/aromatic N) is 1. The number of amides is 1. The SMILES string of the molecule is CC(c1ccccc1)N(C)C(=O)C1(c2cccc(F)c2)CCC1. The second kappa shape index (κ2) is 6.15. The number of hydrogen-bond donors (Lipinski definition) is 0. The molecule has 0 N–H and O–H groups in total. The van der Waals surface area contributed by atoms with Gasteiger partial charge in [-0.05, 0) is 43.0 Å². The molecular formula is C20H22FNO. The van der Waals surface area contributed by atoms with Crippen LogP contribution >= 0.6 is 0 Å². The zero-order valence-corrected chi connectivity index (χ0v) is 13.6. The molecule has 0 saturated heterocycles. The first-order valence-corrected chi connectivity index (χ1v) is 8.13. The van der Waals surface area contributed by atoms with Gasteiger partial charge in [-0.1, -0.05) is 48.9 Å². The summed E-state index contributed by atoms with van der Waals surface area (Å²) >= 11 is 0. The van der Waals surface area contributed by atoms with Crippen molar-refractivity contribution >= 4 is 5.91 Å². The fraction of sp³-hybridized carbons (Fsp3) is 0.350. The predicted octanol–water partition coefficient (Wildman–Crippen LogP) is 4.47. The monoisotopic (exact) mass is 311 g/mol. The van der Waals surface area contributed by atoms with Gasteiger partial charge in [0.2, 0.25) is 5.91 Å². The Morgan fingerprint density at radius 1 is 1.13 bits per heavy atom. The molecule has 1 aliphatic rings. The van der Waals surface area contributed by atoms with Crippen LogP contribution in [-0.4, -0.2) is 17.9 Å². The minimum Gasteiger partial charge on any atom is -0.338 e. The standard InChI is InChI=1S/C20H22FNO/c1-15(16-8-4-3-5-9-16)22(2)19(23)20(12-7-13-20)17-10-6-11-18(21)14-17/h3-6,8-11,14-15H,7,12-13H2,1-2H3. The van der Waals surface area contributed by atoms with Crippen LogP contribution in [0.2, 0.25) is 0 Å². The van der Waals surface area contributed by atoms with Crippen molar-refractivity contribution < 1.29 is 9.18 Å². The maximum atomic E-state index is 13.6. The minimum atomic E-state index is -0.556. The lowest BCUT2D eigenvalue weighted by molar-refractivity contribution is -0.141. The lowest BCUT2D eigenvalue weighted by atomic mass is 9.63. The molecule has 1 fully saturated rings. The number of likely N-dealkylation sites (N-methyl/N-ethyl adjacent to an activating group) is 1. The smallest absolute Gasteiger partial charge is 0.233 e. The van der Waals surface area contributed by atoms with Crippen molar-refractivity contribution in [2.45, 2.75) is 37.6 Å². The zero-order valence-electron chi connectivity index (χ0n) is 13.6. The largest absolute Gasteiger partial charge is 0.338 e. The Hall–Kier alpha value is -2.16.